The smallest absolute Gasteiger partial charge is 0.254 e. The lowest BCUT2D eigenvalue weighted by atomic mass is 10.2. The molecule has 0 aliphatic heterocycles. The van der Waals surface area contributed by atoms with Crippen molar-refractivity contribution in [2.75, 3.05) is 6.54 Å². The maximum absolute atomic E-state index is 13.3. The van der Waals surface area contributed by atoms with Crippen LogP contribution in [0, 0.1) is 17.5 Å². The molecule has 0 bridgehead atoms. The summed E-state index contributed by atoms with van der Waals surface area (Å²) in [6.45, 7) is 0.108. The van der Waals surface area contributed by atoms with Crippen molar-refractivity contribution in [3.05, 3.63) is 41.0 Å². The maximum Gasteiger partial charge on any atom is 0.254 e. The predicted molar refractivity (Wildman–Crippen MR) is 56.5 cm³/mol. The Morgan fingerprint density at radius 3 is 2.74 bits per heavy atom. The van der Waals surface area contributed by atoms with E-state index in [1.165, 1.54) is 0 Å². The average molecular weight is 271 g/mol. The highest BCUT2D eigenvalue weighted by atomic mass is 19.2. The Morgan fingerprint density at radius 2 is 2.05 bits per heavy atom. The van der Waals surface area contributed by atoms with E-state index in [-0.39, 0.29) is 13.0 Å². The molecule has 0 aliphatic carbocycles. The highest BCUT2D eigenvalue weighted by Crippen LogP contribution is 2.14. The second-order valence-corrected chi connectivity index (χ2v) is 3.56. The van der Waals surface area contributed by atoms with Gasteiger partial charge in [-0.05, 0) is 12.1 Å². The number of carbonyl (C=O) groups excluding carboxylic acids is 1. The third-order valence-electron chi connectivity index (χ3n) is 2.30. The number of rotatable bonds is 4. The Labute approximate surface area is 105 Å². The number of hydrogen-bond donors (Lipinski definition) is 2. The van der Waals surface area contributed by atoms with Gasteiger partial charge in [-0.3, -0.25) is 4.79 Å². The number of benzene rings is 1. The minimum absolute atomic E-state index is 0.108. The van der Waals surface area contributed by atoms with Crippen molar-refractivity contribution in [3.8, 4) is 0 Å². The number of aromatic nitrogens is 4. The topological polar surface area (TPSA) is 83.6 Å². The molecule has 2 aromatic rings. The zero-order valence-electron chi connectivity index (χ0n) is 9.45. The first-order valence-corrected chi connectivity index (χ1v) is 5.23. The van der Waals surface area contributed by atoms with E-state index in [0.717, 1.165) is 6.07 Å². The highest BCUT2D eigenvalue weighted by Gasteiger charge is 2.18. The van der Waals surface area contributed by atoms with Crippen LogP contribution in [0.5, 0.6) is 0 Å². The minimum atomic E-state index is -1.68. The van der Waals surface area contributed by atoms with Crippen LogP contribution >= 0.6 is 0 Å². The van der Waals surface area contributed by atoms with E-state index in [2.05, 4.69) is 25.9 Å². The Bertz CT molecular complexity index is 587. The standard InChI is InChI=1S/C10H8F3N5O/c11-6-2-1-5(8(12)9(6)13)10(19)14-4-3-7-15-17-18-16-7/h1-2H,3-4H2,(H,14,19)(H,15,16,17,18). The van der Waals surface area contributed by atoms with E-state index in [9.17, 15) is 18.0 Å². The number of hydrogen-bond acceptors (Lipinski definition) is 4. The van der Waals surface area contributed by atoms with E-state index < -0.39 is 28.9 Å². The summed E-state index contributed by atoms with van der Waals surface area (Å²) in [6.07, 6.45) is 0.271. The second-order valence-electron chi connectivity index (χ2n) is 3.56. The molecular weight excluding hydrogens is 263 g/mol. The number of amides is 1. The van der Waals surface area contributed by atoms with Gasteiger partial charge in [0.25, 0.3) is 5.91 Å². The average Bonchev–Trinajstić information content (AvgIpc) is 2.89. The molecule has 0 unspecified atom stereocenters. The fraction of sp³-hybridized carbons (Fsp3) is 0.200. The number of nitrogens with zero attached hydrogens (tertiary/aromatic N) is 3. The third-order valence-corrected chi connectivity index (χ3v) is 2.30. The summed E-state index contributed by atoms with van der Waals surface area (Å²) in [5, 5.41) is 15.2. The van der Waals surface area contributed by atoms with E-state index in [4.69, 9.17) is 0 Å². The number of nitrogens with one attached hydrogen (secondary N) is 2. The molecule has 0 atom stereocenters. The fourth-order valence-corrected chi connectivity index (χ4v) is 1.37. The van der Waals surface area contributed by atoms with Crippen LogP contribution in [0.1, 0.15) is 16.2 Å². The molecule has 19 heavy (non-hydrogen) atoms. The molecule has 0 aliphatic rings. The lowest BCUT2D eigenvalue weighted by Crippen LogP contribution is -2.27. The van der Waals surface area contributed by atoms with Crippen molar-refractivity contribution in [1.29, 1.82) is 0 Å². The van der Waals surface area contributed by atoms with Crippen molar-refractivity contribution in [1.82, 2.24) is 25.9 Å². The first kappa shape index (κ1) is 13.0. The number of halogens is 3. The van der Waals surface area contributed by atoms with Crippen LogP contribution in [-0.2, 0) is 6.42 Å². The molecule has 1 aromatic heterocycles. The van der Waals surface area contributed by atoms with Gasteiger partial charge < -0.3 is 5.32 Å². The summed E-state index contributed by atoms with van der Waals surface area (Å²) in [5.74, 6) is -5.02. The zero-order valence-corrected chi connectivity index (χ0v) is 9.45. The molecule has 0 saturated carbocycles. The van der Waals surface area contributed by atoms with Gasteiger partial charge in [0, 0.05) is 13.0 Å². The molecule has 6 nitrogen and oxygen atoms in total. The summed E-state index contributed by atoms with van der Waals surface area (Å²) < 4.78 is 38.9. The molecular formula is C10H8F3N5O. The summed E-state index contributed by atoms with van der Waals surface area (Å²) >= 11 is 0. The summed E-state index contributed by atoms with van der Waals surface area (Å²) in [4.78, 5) is 11.6. The van der Waals surface area contributed by atoms with Crippen molar-refractivity contribution < 1.29 is 18.0 Å². The minimum Gasteiger partial charge on any atom is -0.351 e. The molecule has 0 fully saturated rings. The van der Waals surface area contributed by atoms with E-state index in [0.29, 0.717) is 11.9 Å². The molecule has 1 aromatic carbocycles. The quantitative estimate of drug-likeness (QED) is 0.797. The highest BCUT2D eigenvalue weighted by molar-refractivity contribution is 5.94. The number of aromatic amines is 1. The van der Waals surface area contributed by atoms with Crippen molar-refractivity contribution in [2.45, 2.75) is 6.42 Å². The van der Waals surface area contributed by atoms with Crippen molar-refractivity contribution in [3.63, 3.8) is 0 Å². The molecule has 2 N–H and O–H groups in total. The molecule has 0 spiro atoms. The first-order valence-electron chi connectivity index (χ1n) is 5.23. The maximum atomic E-state index is 13.3. The summed E-state index contributed by atoms with van der Waals surface area (Å²) in [7, 11) is 0. The van der Waals surface area contributed by atoms with Crippen molar-refractivity contribution >= 4 is 5.91 Å². The van der Waals surface area contributed by atoms with Crippen molar-refractivity contribution in [2.24, 2.45) is 0 Å². The van der Waals surface area contributed by atoms with Gasteiger partial charge in [-0.2, -0.15) is 5.21 Å². The number of carbonyl (C=O) groups is 1. The van der Waals surface area contributed by atoms with E-state index in [1.807, 2.05) is 0 Å². The van der Waals surface area contributed by atoms with Crippen LogP contribution < -0.4 is 5.32 Å². The van der Waals surface area contributed by atoms with Gasteiger partial charge in [-0.15, -0.1) is 10.2 Å². The third kappa shape index (κ3) is 2.87. The molecule has 9 heteroatoms. The van der Waals surface area contributed by atoms with Gasteiger partial charge in [0.2, 0.25) is 0 Å². The SMILES string of the molecule is O=C(NCCc1nn[nH]n1)c1ccc(F)c(F)c1F. The van der Waals surface area contributed by atoms with Gasteiger partial charge in [0.05, 0.1) is 5.56 Å². The van der Waals surface area contributed by atoms with Crippen LogP contribution in [0.2, 0.25) is 0 Å². The molecule has 2 rings (SSSR count). The normalized spacial score (nSPS) is 10.5. The van der Waals surface area contributed by atoms with Crippen LogP contribution in [0.15, 0.2) is 12.1 Å². The second kappa shape index (κ2) is 5.46. The van der Waals surface area contributed by atoms with Crippen LogP contribution in [0.4, 0.5) is 13.2 Å². The Hall–Kier alpha value is -2.45. The van der Waals surface area contributed by atoms with Crippen LogP contribution in [-0.4, -0.2) is 33.1 Å². The van der Waals surface area contributed by atoms with Crippen LogP contribution in [0.25, 0.3) is 0 Å². The predicted octanol–water partition coefficient (Wildman–Crippen LogP) is 0.589. The Kier molecular flexibility index (Phi) is 3.74. The van der Waals surface area contributed by atoms with Gasteiger partial charge in [-0.1, -0.05) is 5.21 Å². The molecule has 0 radical (unpaired) electrons. The van der Waals surface area contributed by atoms with Crippen LogP contribution in [0.3, 0.4) is 0 Å². The summed E-state index contributed by atoms with van der Waals surface area (Å²) in [5.41, 5.74) is -0.563. The molecule has 1 amide bonds. The molecule has 0 saturated heterocycles. The zero-order chi connectivity index (χ0) is 13.8. The summed E-state index contributed by atoms with van der Waals surface area (Å²) in [6, 6.07) is 1.56. The lowest BCUT2D eigenvalue weighted by molar-refractivity contribution is 0.0948. The van der Waals surface area contributed by atoms with Gasteiger partial charge in [0.1, 0.15) is 0 Å². The monoisotopic (exact) mass is 271 g/mol. The first-order chi connectivity index (χ1) is 9.09. The molecule has 100 valence electrons. The fourth-order valence-electron chi connectivity index (χ4n) is 1.37. The number of H-pyrrole nitrogens is 1. The van der Waals surface area contributed by atoms with E-state index in [1.54, 1.807) is 0 Å². The van der Waals surface area contributed by atoms with Gasteiger partial charge >= 0.3 is 0 Å². The number of tetrazole rings is 1. The largest absolute Gasteiger partial charge is 0.351 e. The Balaban J connectivity index is 1.98. The van der Waals surface area contributed by atoms with Gasteiger partial charge in [-0.25, -0.2) is 13.2 Å². The Morgan fingerprint density at radius 1 is 1.26 bits per heavy atom. The lowest BCUT2D eigenvalue weighted by Gasteiger charge is -2.05. The van der Waals surface area contributed by atoms with Gasteiger partial charge in [0.15, 0.2) is 23.3 Å². The van der Waals surface area contributed by atoms with E-state index >= 15 is 0 Å². The molecule has 1 heterocycles.